The Morgan fingerprint density at radius 2 is 2.05 bits per heavy atom. The second-order valence-electron chi connectivity index (χ2n) is 5.37. The van der Waals surface area contributed by atoms with Gasteiger partial charge in [-0.1, -0.05) is 0 Å². The van der Waals surface area contributed by atoms with Crippen LogP contribution >= 0.6 is 11.5 Å². The Morgan fingerprint density at radius 1 is 1.35 bits per heavy atom. The van der Waals surface area contributed by atoms with Crippen LogP contribution in [0.2, 0.25) is 0 Å². The van der Waals surface area contributed by atoms with Gasteiger partial charge in [-0.05, 0) is 51.5 Å². The van der Waals surface area contributed by atoms with E-state index in [-0.39, 0.29) is 11.9 Å². The smallest absolute Gasteiger partial charge is 0.414 e. The van der Waals surface area contributed by atoms with Crippen molar-refractivity contribution in [2.24, 2.45) is 0 Å². The molecule has 0 fully saturated rings. The van der Waals surface area contributed by atoms with Crippen LogP contribution in [0.4, 0.5) is 0 Å². The summed E-state index contributed by atoms with van der Waals surface area (Å²) in [5.74, 6) is -0.111. The van der Waals surface area contributed by atoms with Gasteiger partial charge in [0.2, 0.25) is 5.89 Å². The number of benzene rings is 1. The van der Waals surface area contributed by atoms with E-state index in [4.69, 9.17) is 9.15 Å². The van der Waals surface area contributed by atoms with Crippen molar-refractivity contribution in [3.05, 3.63) is 39.1 Å². The minimum Gasteiger partial charge on any atom is -0.456 e. The molecular weight excluding hydrogens is 278 g/mol. The van der Waals surface area contributed by atoms with E-state index in [1.165, 1.54) is 0 Å². The SMILES string of the molecule is Cc1cc(-c2nsc(=O)o2)ccc1C(=O)OC(C)(C)C. The molecule has 0 bridgehead atoms. The fourth-order valence-electron chi connectivity index (χ4n) is 1.67. The third-order valence-corrected chi connectivity index (χ3v) is 2.96. The molecule has 0 amide bonds. The number of hydrogen-bond donors (Lipinski definition) is 0. The topological polar surface area (TPSA) is 69.4 Å². The van der Waals surface area contributed by atoms with E-state index in [1.807, 2.05) is 20.8 Å². The highest BCUT2D eigenvalue weighted by atomic mass is 32.1. The third kappa shape index (κ3) is 3.33. The van der Waals surface area contributed by atoms with Crippen LogP contribution in [0.5, 0.6) is 0 Å². The molecule has 2 aromatic rings. The van der Waals surface area contributed by atoms with Gasteiger partial charge in [-0.15, -0.1) is 4.37 Å². The monoisotopic (exact) mass is 293 g/mol. The van der Waals surface area contributed by atoms with Crippen molar-refractivity contribution in [1.82, 2.24) is 4.37 Å². The van der Waals surface area contributed by atoms with Crippen molar-refractivity contribution in [2.75, 3.05) is 0 Å². The average Bonchev–Trinajstić information content (AvgIpc) is 2.73. The van der Waals surface area contributed by atoms with Crippen molar-refractivity contribution >= 4 is 17.5 Å². The van der Waals surface area contributed by atoms with Crippen LogP contribution < -0.4 is 4.94 Å². The van der Waals surface area contributed by atoms with Crippen LogP contribution in [0.15, 0.2) is 27.4 Å². The number of nitrogens with zero attached hydrogens (tertiary/aromatic N) is 1. The molecule has 1 heterocycles. The summed E-state index contributed by atoms with van der Waals surface area (Å²) in [7, 11) is 0. The lowest BCUT2D eigenvalue weighted by molar-refractivity contribution is 0.00688. The summed E-state index contributed by atoms with van der Waals surface area (Å²) >= 11 is 0.760. The maximum atomic E-state index is 12.0. The van der Waals surface area contributed by atoms with Crippen LogP contribution in [0.3, 0.4) is 0 Å². The van der Waals surface area contributed by atoms with E-state index in [0.717, 1.165) is 17.1 Å². The summed E-state index contributed by atoms with van der Waals surface area (Å²) in [6, 6.07) is 5.08. The van der Waals surface area contributed by atoms with Crippen LogP contribution in [0.25, 0.3) is 11.5 Å². The Morgan fingerprint density at radius 3 is 2.55 bits per heavy atom. The molecule has 0 atom stereocenters. The maximum Gasteiger partial charge on any atom is 0.414 e. The molecule has 106 valence electrons. The molecule has 0 aliphatic carbocycles. The van der Waals surface area contributed by atoms with Crippen molar-refractivity contribution in [1.29, 1.82) is 0 Å². The lowest BCUT2D eigenvalue weighted by Crippen LogP contribution is -2.24. The van der Waals surface area contributed by atoms with Crippen molar-refractivity contribution in [3.8, 4) is 11.5 Å². The number of esters is 1. The Balaban J connectivity index is 2.31. The quantitative estimate of drug-likeness (QED) is 0.796. The average molecular weight is 293 g/mol. The normalized spacial score (nSPS) is 11.4. The standard InChI is InChI=1S/C14H15NO4S/c1-8-7-9(11-15-20-13(17)18-11)5-6-10(8)12(16)19-14(2,3)4/h5-7H,1-4H3. The summed E-state index contributed by atoms with van der Waals surface area (Å²) in [5.41, 5.74) is 1.35. The van der Waals surface area contributed by atoms with Gasteiger partial charge in [0.25, 0.3) is 0 Å². The van der Waals surface area contributed by atoms with E-state index < -0.39 is 10.5 Å². The Hall–Kier alpha value is -1.95. The Labute approximate surface area is 120 Å². The fourth-order valence-corrected chi connectivity index (χ4v) is 2.08. The second kappa shape index (κ2) is 5.20. The van der Waals surface area contributed by atoms with E-state index >= 15 is 0 Å². The van der Waals surface area contributed by atoms with Gasteiger partial charge >= 0.3 is 10.9 Å². The molecule has 1 aromatic heterocycles. The van der Waals surface area contributed by atoms with E-state index in [2.05, 4.69) is 4.37 Å². The summed E-state index contributed by atoms with van der Waals surface area (Å²) in [5, 5.41) is 0. The number of hydrogen-bond acceptors (Lipinski definition) is 6. The first kappa shape index (κ1) is 14.5. The first-order valence-corrected chi connectivity index (χ1v) is 6.85. The Kier molecular flexibility index (Phi) is 3.76. The third-order valence-electron chi connectivity index (χ3n) is 2.48. The van der Waals surface area contributed by atoms with Crippen LogP contribution in [0, 0.1) is 6.92 Å². The van der Waals surface area contributed by atoms with Gasteiger partial charge in [-0.2, -0.15) is 0 Å². The zero-order valence-electron chi connectivity index (χ0n) is 11.7. The highest BCUT2D eigenvalue weighted by Gasteiger charge is 2.20. The number of aryl methyl sites for hydroxylation is 1. The molecule has 20 heavy (non-hydrogen) atoms. The van der Waals surface area contributed by atoms with Gasteiger partial charge in [0.15, 0.2) is 0 Å². The van der Waals surface area contributed by atoms with Gasteiger partial charge in [0.05, 0.1) is 17.1 Å². The van der Waals surface area contributed by atoms with E-state index in [0.29, 0.717) is 11.1 Å². The molecular formula is C14H15NO4S. The molecule has 2 rings (SSSR count). The molecule has 0 spiro atoms. The summed E-state index contributed by atoms with van der Waals surface area (Å²) < 4.78 is 14.2. The van der Waals surface area contributed by atoms with Gasteiger partial charge in [-0.3, -0.25) is 0 Å². The first-order valence-electron chi connectivity index (χ1n) is 6.07. The van der Waals surface area contributed by atoms with Crippen molar-refractivity contribution < 1.29 is 13.9 Å². The van der Waals surface area contributed by atoms with Gasteiger partial charge < -0.3 is 9.15 Å². The lowest BCUT2D eigenvalue weighted by Gasteiger charge is -2.20. The first-order chi connectivity index (χ1) is 9.26. The predicted molar refractivity (Wildman–Crippen MR) is 76.0 cm³/mol. The fraction of sp³-hybridized carbons (Fsp3) is 0.357. The predicted octanol–water partition coefficient (Wildman–Crippen LogP) is 3.03. The van der Waals surface area contributed by atoms with Gasteiger partial charge in [0, 0.05) is 5.56 Å². The molecule has 0 N–H and O–H groups in total. The molecule has 0 saturated carbocycles. The minimum absolute atomic E-state index is 0.263. The molecule has 6 heteroatoms. The molecule has 0 saturated heterocycles. The number of aromatic nitrogens is 1. The van der Waals surface area contributed by atoms with Crippen LogP contribution in [-0.2, 0) is 4.74 Å². The molecule has 5 nitrogen and oxygen atoms in total. The van der Waals surface area contributed by atoms with E-state index in [9.17, 15) is 9.59 Å². The zero-order chi connectivity index (χ0) is 14.9. The highest BCUT2D eigenvalue weighted by Crippen LogP contribution is 2.22. The summed E-state index contributed by atoms with van der Waals surface area (Å²) in [6.45, 7) is 7.25. The summed E-state index contributed by atoms with van der Waals surface area (Å²) in [4.78, 5) is 22.6. The molecule has 0 aliphatic rings. The summed E-state index contributed by atoms with van der Waals surface area (Å²) in [6.07, 6.45) is 0. The molecule has 0 radical (unpaired) electrons. The van der Waals surface area contributed by atoms with Crippen LogP contribution in [-0.4, -0.2) is 15.9 Å². The molecule has 1 aromatic carbocycles. The van der Waals surface area contributed by atoms with Crippen LogP contribution in [0.1, 0.15) is 36.7 Å². The minimum atomic E-state index is -0.538. The zero-order valence-corrected chi connectivity index (χ0v) is 12.5. The number of carbonyl (C=O) groups excluding carboxylic acids is 1. The van der Waals surface area contributed by atoms with Gasteiger partial charge in [-0.25, -0.2) is 9.59 Å². The van der Waals surface area contributed by atoms with E-state index in [1.54, 1.807) is 25.1 Å². The maximum absolute atomic E-state index is 12.0. The van der Waals surface area contributed by atoms with Crippen molar-refractivity contribution in [3.63, 3.8) is 0 Å². The highest BCUT2D eigenvalue weighted by molar-refractivity contribution is 7.02. The van der Waals surface area contributed by atoms with Gasteiger partial charge in [0.1, 0.15) is 5.60 Å². The number of ether oxygens (including phenoxy) is 1. The number of rotatable bonds is 2. The largest absolute Gasteiger partial charge is 0.456 e. The van der Waals surface area contributed by atoms with Crippen molar-refractivity contribution in [2.45, 2.75) is 33.3 Å². The molecule has 0 unspecified atom stereocenters. The molecule has 0 aliphatic heterocycles. The second-order valence-corrected chi connectivity index (χ2v) is 6.07. The lowest BCUT2D eigenvalue weighted by atomic mass is 10.0. The number of carbonyl (C=O) groups is 1. The Bertz CT molecular complexity index is 694.